The van der Waals surface area contributed by atoms with Crippen LogP contribution in [0, 0.1) is 0 Å². The third-order valence-corrected chi connectivity index (χ3v) is 3.29. The Kier molecular flexibility index (Phi) is 4.01. The molecule has 2 aromatic rings. The molecule has 2 aromatic carbocycles. The summed E-state index contributed by atoms with van der Waals surface area (Å²) in [4.78, 5) is 0. The molecule has 0 fully saturated rings. The normalized spacial score (nSPS) is 14.4. The van der Waals surface area contributed by atoms with Crippen LogP contribution in [0.5, 0.6) is 0 Å². The quantitative estimate of drug-likeness (QED) is 0.913. The Morgan fingerprint density at radius 2 is 1.52 bits per heavy atom. The molecule has 4 nitrogen and oxygen atoms in total. The summed E-state index contributed by atoms with van der Waals surface area (Å²) in [5.74, 6) is 1.00. The van der Waals surface area contributed by atoms with Gasteiger partial charge < -0.3 is 0 Å². The molecule has 0 amide bonds. The van der Waals surface area contributed by atoms with Crippen LogP contribution >= 0.6 is 0 Å². The van der Waals surface area contributed by atoms with Crippen molar-refractivity contribution in [3.05, 3.63) is 71.3 Å². The molecule has 0 bridgehead atoms. The first-order valence-corrected chi connectivity index (χ1v) is 6.90. The molecule has 0 aliphatic carbocycles. The molecule has 118 valence electrons. The molecule has 2 N–H and O–H groups in total. The van der Waals surface area contributed by atoms with Crippen molar-refractivity contribution in [2.75, 3.05) is 0 Å². The lowest BCUT2D eigenvalue weighted by molar-refractivity contribution is -0.137. The molecule has 0 atom stereocenters. The Morgan fingerprint density at radius 3 is 2.09 bits per heavy atom. The maximum absolute atomic E-state index is 12.5. The molecule has 0 aromatic heterocycles. The van der Waals surface area contributed by atoms with Gasteiger partial charge in [-0.2, -0.15) is 23.4 Å². The van der Waals surface area contributed by atoms with Crippen LogP contribution in [0.1, 0.15) is 16.7 Å². The summed E-state index contributed by atoms with van der Waals surface area (Å²) < 4.78 is 37.6. The number of alkyl halides is 3. The van der Waals surface area contributed by atoms with E-state index in [1.54, 1.807) is 0 Å². The van der Waals surface area contributed by atoms with Crippen LogP contribution in [0.25, 0.3) is 0 Å². The van der Waals surface area contributed by atoms with Crippen molar-refractivity contribution in [1.29, 1.82) is 0 Å². The van der Waals surface area contributed by atoms with E-state index in [4.69, 9.17) is 0 Å². The lowest BCUT2D eigenvalue weighted by Crippen LogP contribution is -2.35. The van der Waals surface area contributed by atoms with Gasteiger partial charge in [-0.3, -0.25) is 10.9 Å². The van der Waals surface area contributed by atoms with Crippen molar-refractivity contribution in [3.63, 3.8) is 0 Å². The van der Waals surface area contributed by atoms with Gasteiger partial charge in [0, 0.05) is 12.0 Å². The molecule has 0 saturated carbocycles. The van der Waals surface area contributed by atoms with Crippen LogP contribution in [-0.2, 0) is 12.6 Å². The molecule has 1 aliphatic heterocycles. The number of halogens is 3. The van der Waals surface area contributed by atoms with E-state index in [0.29, 0.717) is 23.7 Å². The smallest absolute Gasteiger partial charge is 0.261 e. The van der Waals surface area contributed by atoms with E-state index in [0.717, 1.165) is 17.7 Å². The molecule has 0 radical (unpaired) electrons. The summed E-state index contributed by atoms with van der Waals surface area (Å²) in [5, 5.41) is 8.27. The van der Waals surface area contributed by atoms with E-state index in [1.807, 2.05) is 30.3 Å². The van der Waals surface area contributed by atoms with Crippen molar-refractivity contribution in [2.45, 2.75) is 12.6 Å². The third-order valence-electron chi connectivity index (χ3n) is 3.29. The van der Waals surface area contributed by atoms with Crippen molar-refractivity contribution >= 4 is 11.7 Å². The fourth-order valence-electron chi connectivity index (χ4n) is 2.11. The summed E-state index contributed by atoms with van der Waals surface area (Å²) in [6, 6.07) is 14.5. The summed E-state index contributed by atoms with van der Waals surface area (Å²) in [5.41, 5.74) is 6.48. The Bertz CT molecular complexity index is 734. The van der Waals surface area contributed by atoms with Crippen molar-refractivity contribution in [2.24, 2.45) is 10.2 Å². The number of benzene rings is 2. The molecule has 23 heavy (non-hydrogen) atoms. The van der Waals surface area contributed by atoms with Gasteiger partial charge in [-0.25, -0.2) is 0 Å². The minimum Gasteiger partial charge on any atom is -0.261 e. The highest BCUT2D eigenvalue weighted by atomic mass is 19.4. The van der Waals surface area contributed by atoms with Crippen LogP contribution in [0.15, 0.2) is 64.8 Å². The summed E-state index contributed by atoms with van der Waals surface area (Å²) in [6.45, 7) is 0. The zero-order valence-electron chi connectivity index (χ0n) is 11.9. The number of hydrazone groups is 2. The molecular formula is C16H13F3N4. The number of amidine groups is 2. The maximum atomic E-state index is 12.5. The van der Waals surface area contributed by atoms with Crippen molar-refractivity contribution in [1.82, 2.24) is 10.9 Å². The van der Waals surface area contributed by atoms with Crippen LogP contribution in [0.4, 0.5) is 13.2 Å². The van der Waals surface area contributed by atoms with Crippen LogP contribution in [0.2, 0.25) is 0 Å². The first kappa shape index (κ1) is 15.1. The zero-order valence-corrected chi connectivity index (χ0v) is 11.9. The Hall–Kier alpha value is -2.83. The van der Waals surface area contributed by atoms with E-state index >= 15 is 0 Å². The number of hydrogen-bond donors (Lipinski definition) is 2. The van der Waals surface area contributed by atoms with Crippen LogP contribution in [0.3, 0.4) is 0 Å². The van der Waals surface area contributed by atoms with Crippen LogP contribution < -0.4 is 10.9 Å². The molecular weight excluding hydrogens is 305 g/mol. The average Bonchev–Trinajstić information content (AvgIpc) is 2.56. The van der Waals surface area contributed by atoms with E-state index < -0.39 is 11.7 Å². The van der Waals surface area contributed by atoms with E-state index in [-0.39, 0.29) is 0 Å². The fraction of sp³-hybridized carbons (Fsp3) is 0.125. The first-order chi connectivity index (χ1) is 11.0. The van der Waals surface area contributed by atoms with Crippen molar-refractivity contribution in [3.8, 4) is 0 Å². The lowest BCUT2D eigenvalue weighted by atomic mass is 10.1. The average molecular weight is 318 g/mol. The van der Waals surface area contributed by atoms with Crippen molar-refractivity contribution < 1.29 is 13.2 Å². The minimum atomic E-state index is -4.35. The number of rotatable bonds is 3. The number of nitrogens with one attached hydrogen (secondary N) is 2. The fourth-order valence-corrected chi connectivity index (χ4v) is 2.11. The number of hydrogen-bond acceptors (Lipinski definition) is 4. The third kappa shape index (κ3) is 3.68. The molecule has 1 aliphatic rings. The molecule has 3 rings (SSSR count). The van der Waals surface area contributed by atoms with Gasteiger partial charge in [-0.1, -0.05) is 42.5 Å². The summed E-state index contributed by atoms with van der Waals surface area (Å²) >= 11 is 0. The molecule has 1 heterocycles. The monoisotopic (exact) mass is 318 g/mol. The van der Waals surface area contributed by atoms with Gasteiger partial charge in [0.05, 0.1) is 5.56 Å². The highest BCUT2D eigenvalue weighted by Crippen LogP contribution is 2.29. The second-order valence-corrected chi connectivity index (χ2v) is 4.98. The largest absolute Gasteiger partial charge is 0.416 e. The lowest BCUT2D eigenvalue weighted by Gasteiger charge is -2.15. The Balaban J connectivity index is 1.66. The molecule has 7 heteroatoms. The molecule has 0 spiro atoms. The minimum absolute atomic E-state index is 0.371. The molecule has 0 saturated heterocycles. The van der Waals surface area contributed by atoms with Gasteiger partial charge in [-0.15, -0.1) is 0 Å². The van der Waals surface area contributed by atoms with Gasteiger partial charge in [0.2, 0.25) is 0 Å². The maximum Gasteiger partial charge on any atom is 0.416 e. The van der Waals surface area contributed by atoms with E-state index in [2.05, 4.69) is 21.1 Å². The summed E-state index contributed by atoms with van der Waals surface area (Å²) in [6.07, 6.45) is -3.77. The predicted molar refractivity (Wildman–Crippen MR) is 81.8 cm³/mol. The second kappa shape index (κ2) is 6.12. The number of nitrogens with zero attached hydrogens (tertiary/aromatic N) is 2. The zero-order chi connectivity index (χ0) is 16.3. The SMILES string of the molecule is FC(F)(F)c1ccc(C2=NNC(Cc3ccccc3)=NN2)cc1. The standard InChI is InChI=1S/C16H13F3N4/c17-16(18,19)13-8-6-12(7-9-13)15-22-20-14(21-23-15)10-11-4-2-1-3-5-11/h1-9H,10H2,(H,20,21)(H,22,23). The van der Waals surface area contributed by atoms with E-state index in [9.17, 15) is 13.2 Å². The second-order valence-electron chi connectivity index (χ2n) is 4.98. The van der Waals surface area contributed by atoms with Crippen LogP contribution in [-0.4, -0.2) is 11.7 Å². The Morgan fingerprint density at radius 1 is 0.826 bits per heavy atom. The highest BCUT2D eigenvalue weighted by molar-refractivity contribution is 6.01. The van der Waals surface area contributed by atoms with Gasteiger partial charge >= 0.3 is 6.18 Å². The summed E-state index contributed by atoms with van der Waals surface area (Å²) in [7, 11) is 0. The van der Waals surface area contributed by atoms with Gasteiger partial charge in [-0.05, 0) is 17.7 Å². The topological polar surface area (TPSA) is 48.8 Å². The van der Waals surface area contributed by atoms with Gasteiger partial charge in [0.15, 0.2) is 5.84 Å². The highest BCUT2D eigenvalue weighted by Gasteiger charge is 2.30. The Labute approximate surface area is 130 Å². The first-order valence-electron chi connectivity index (χ1n) is 6.90. The van der Waals surface area contributed by atoms with Gasteiger partial charge in [0.25, 0.3) is 0 Å². The van der Waals surface area contributed by atoms with E-state index in [1.165, 1.54) is 12.1 Å². The predicted octanol–water partition coefficient (Wildman–Crippen LogP) is 3.12. The van der Waals surface area contributed by atoms with Gasteiger partial charge in [0.1, 0.15) is 5.84 Å². The molecule has 0 unspecified atom stereocenters.